The molecule has 3 heteroatoms. The van der Waals surface area contributed by atoms with Crippen LogP contribution in [0.4, 0.5) is 0 Å². The predicted octanol–water partition coefficient (Wildman–Crippen LogP) is 1.08. The molecule has 3 nitrogen and oxygen atoms in total. The average molecular weight is 193 g/mol. The second kappa shape index (κ2) is 3.98. The third kappa shape index (κ3) is 1.61. The van der Waals surface area contributed by atoms with E-state index in [9.17, 15) is 5.11 Å². The molecule has 1 aromatic carbocycles. The minimum absolute atomic E-state index is 0.251. The number of aromatic hydroxyl groups is 1. The quantitative estimate of drug-likeness (QED) is 0.739. The van der Waals surface area contributed by atoms with Gasteiger partial charge in [-0.15, -0.1) is 0 Å². The molecule has 0 aliphatic carbocycles. The zero-order valence-corrected chi connectivity index (χ0v) is 8.02. The molecular formula is C11H15NO2. The van der Waals surface area contributed by atoms with Crippen molar-refractivity contribution in [3.63, 3.8) is 0 Å². The minimum atomic E-state index is 0.251. The van der Waals surface area contributed by atoms with E-state index in [0.29, 0.717) is 31.4 Å². The highest BCUT2D eigenvalue weighted by molar-refractivity contribution is 5.35. The lowest BCUT2D eigenvalue weighted by Gasteiger charge is -2.16. The number of benzene rings is 1. The van der Waals surface area contributed by atoms with Crippen LogP contribution < -0.4 is 5.73 Å². The van der Waals surface area contributed by atoms with Gasteiger partial charge in [0.2, 0.25) is 0 Å². The Bertz CT molecular complexity index is 314. The molecule has 0 bridgehead atoms. The Morgan fingerprint density at radius 2 is 2.14 bits per heavy atom. The van der Waals surface area contributed by atoms with Crippen molar-refractivity contribution in [1.82, 2.24) is 0 Å². The molecule has 0 radical (unpaired) electrons. The zero-order chi connectivity index (χ0) is 9.97. The number of rotatable bonds is 2. The molecule has 1 aliphatic heterocycles. The number of hydrogen-bond donors (Lipinski definition) is 2. The van der Waals surface area contributed by atoms with Crippen LogP contribution in [-0.4, -0.2) is 24.9 Å². The molecule has 76 valence electrons. The fourth-order valence-corrected chi connectivity index (χ4v) is 1.98. The van der Waals surface area contributed by atoms with E-state index < -0.39 is 0 Å². The largest absolute Gasteiger partial charge is 0.508 e. The van der Waals surface area contributed by atoms with Gasteiger partial charge in [-0.05, 0) is 18.2 Å². The first kappa shape index (κ1) is 9.49. The van der Waals surface area contributed by atoms with Gasteiger partial charge in [0.25, 0.3) is 0 Å². The number of ether oxygens (including phenoxy) is 1. The molecule has 14 heavy (non-hydrogen) atoms. The molecule has 0 aromatic heterocycles. The summed E-state index contributed by atoms with van der Waals surface area (Å²) in [6, 6.07) is 7.41. The first-order valence-corrected chi connectivity index (χ1v) is 4.88. The van der Waals surface area contributed by atoms with E-state index in [-0.39, 0.29) is 5.92 Å². The Hall–Kier alpha value is -1.06. The van der Waals surface area contributed by atoms with Gasteiger partial charge in [-0.1, -0.05) is 18.2 Å². The Balaban J connectivity index is 2.26. The van der Waals surface area contributed by atoms with E-state index in [1.54, 1.807) is 6.07 Å². The Kier molecular flexibility index (Phi) is 2.70. The molecule has 0 amide bonds. The molecule has 1 fully saturated rings. The smallest absolute Gasteiger partial charge is 0.119 e. The van der Waals surface area contributed by atoms with Gasteiger partial charge in [0.05, 0.1) is 13.2 Å². The summed E-state index contributed by atoms with van der Waals surface area (Å²) >= 11 is 0. The summed E-state index contributed by atoms with van der Waals surface area (Å²) < 4.78 is 5.38. The van der Waals surface area contributed by atoms with Gasteiger partial charge in [-0.25, -0.2) is 0 Å². The van der Waals surface area contributed by atoms with Crippen LogP contribution in [0.15, 0.2) is 24.3 Å². The number of hydrogen-bond acceptors (Lipinski definition) is 3. The lowest BCUT2D eigenvalue weighted by Crippen LogP contribution is -2.20. The number of nitrogens with two attached hydrogens (primary N) is 1. The Morgan fingerprint density at radius 3 is 2.86 bits per heavy atom. The molecule has 1 heterocycles. The van der Waals surface area contributed by atoms with Crippen LogP contribution in [0.2, 0.25) is 0 Å². The standard InChI is InChI=1S/C11H15NO2/c12-5-8-6-14-7-10(8)9-3-1-2-4-11(9)13/h1-4,8,10,13H,5-7,12H2. The van der Waals surface area contributed by atoms with Crippen LogP contribution in [0.5, 0.6) is 5.75 Å². The highest BCUT2D eigenvalue weighted by Crippen LogP contribution is 2.34. The number of phenols is 1. The van der Waals surface area contributed by atoms with E-state index in [0.717, 1.165) is 5.56 Å². The Morgan fingerprint density at radius 1 is 1.36 bits per heavy atom. The number of para-hydroxylation sites is 1. The molecule has 1 aliphatic rings. The lowest BCUT2D eigenvalue weighted by molar-refractivity contribution is 0.185. The minimum Gasteiger partial charge on any atom is -0.508 e. The molecule has 0 spiro atoms. The third-order valence-corrected chi connectivity index (χ3v) is 2.84. The fourth-order valence-electron chi connectivity index (χ4n) is 1.98. The van der Waals surface area contributed by atoms with Crippen molar-refractivity contribution < 1.29 is 9.84 Å². The van der Waals surface area contributed by atoms with Crippen molar-refractivity contribution in [2.45, 2.75) is 5.92 Å². The van der Waals surface area contributed by atoms with Crippen molar-refractivity contribution in [3.8, 4) is 5.75 Å². The van der Waals surface area contributed by atoms with Gasteiger partial charge in [0.15, 0.2) is 0 Å². The molecule has 1 saturated heterocycles. The third-order valence-electron chi connectivity index (χ3n) is 2.84. The van der Waals surface area contributed by atoms with E-state index in [1.807, 2.05) is 18.2 Å². The first-order valence-electron chi connectivity index (χ1n) is 4.88. The number of phenolic OH excluding ortho intramolecular Hbond substituents is 1. The van der Waals surface area contributed by atoms with E-state index in [4.69, 9.17) is 10.5 Å². The molecular weight excluding hydrogens is 178 g/mol. The highest BCUT2D eigenvalue weighted by atomic mass is 16.5. The van der Waals surface area contributed by atoms with Crippen molar-refractivity contribution in [2.24, 2.45) is 11.7 Å². The molecule has 2 atom stereocenters. The van der Waals surface area contributed by atoms with E-state index >= 15 is 0 Å². The fraction of sp³-hybridized carbons (Fsp3) is 0.455. The molecule has 2 rings (SSSR count). The predicted molar refractivity (Wildman–Crippen MR) is 54.2 cm³/mol. The maximum Gasteiger partial charge on any atom is 0.119 e. The summed E-state index contributed by atoms with van der Waals surface area (Å²) in [6.07, 6.45) is 0. The monoisotopic (exact) mass is 193 g/mol. The van der Waals surface area contributed by atoms with Gasteiger partial charge in [0, 0.05) is 11.8 Å². The SMILES string of the molecule is NCC1COCC1c1ccccc1O. The molecule has 0 saturated carbocycles. The Labute approximate surface area is 83.5 Å². The van der Waals surface area contributed by atoms with Gasteiger partial charge in [-0.3, -0.25) is 0 Å². The van der Waals surface area contributed by atoms with Gasteiger partial charge in [0.1, 0.15) is 5.75 Å². The summed E-state index contributed by atoms with van der Waals surface area (Å²) in [5.41, 5.74) is 6.61. The van der Waals surface area contributed by atoms with Crippen LogP contribution >= 0.6 is 0 Å². The van der Waals surface area contributed by atoms with Gasteiger partial charge >= 0.3 is 0 Å². The lowest BCUT2D eigenvalue weighted by atomic mass is 9.88. The second-order valence-electron chi connectivity index (χ2n) is 3.70. The second-order valence-corrected chi connectivity index (χ2v) is 3.70. The molecule has 3 N–H and O–H groups in total. The molecule has 2 unspecified atom stereocenters. The van der Waals surface area contributed by atoms with Crippen molar-refractivity contribution in [2.75, 3.05) is 19.8 Å². The summed E-state index contributed by atoms with van der Waals surface area (Å²) in [7, 11) is 0. The van der Waals surface area contributed by atoms with E-state index in [2.05, 4.69) is 0 Å². The van der Waals surface area contributed by atoms with Crippen LogP contribution in [-0.2, 0) is 4.74 Å². The summed E-state index contributed by atoms with van der Waals surface area (Å²) in [5, 5.41) is 9.69. The van der Waals surface area contributed by atoms with Crippen LogP contribution in [0.25, 0.3) is 0 Å². The summed E-state index contributed by atoms with van der Waals surface area (Å²) in [6.45, 7) is 1.98. The van der Waals surface area contributed by atoms with Crippen LogP contribution in [0.1, 0.15) is 11.5 Å². The topological polar surface area (TPSA) is 55.5 Å². The van der Waals surface area contributed by atoms with Crippen molar-refractivity contribution >= 4 is 0 Å². The van der Waals surface area contributed by atoms with Gasteiger partial charge in [-0.2, -0.15) is 0 Å². The zero-order valence-electron chi connectivity index (χ0n) is 8.02. The first-order chi connectivity index (χ1) is 6.83. The van der Waals surface area contributed by atoms with Gasteiger partial charge < -0.3 is 15.6 Å². The van der Waals surface area contributed by atoms with Crippen LogP contribution in [0, 0.1) is 5.92 Å². The maximum atomic E-state index is 9.69. The normalized spacial score (nSPS) is 26.6. The summed E-state index contributed by atoms with van der Waals surface area (Å²) in [4.78, 5) is 0. The van der Waals surface area contributed by atoms with Crippen molar-refractivity contribution in [1.29, 1.82) is 0 Å². The maximum absolute atomic E-state index is 9.69. The summed E-state index contributed by atoms with van der Waals surface area (Å²) in [5.74, 6) is 0.936. The van der Waals surface area contributed by atoms with Crippen LogP contribution in [0.3, 0.4) is 0 Å². The highest BCUT2D eigenvalue weighted by Gasteiger charge is 2.29. The molecule has 1 aromatic rings. The average Bonchev–Trinajstić information content (AvgIpc) is 2.66. The van der Waals surface area contributed by atoms with Crippen molar-refractivity contribution in [3.05, 3.63) is 29.8 Å². The van der Waals surface area contributed by atoms with E-state index in [1.165, 1.54) is 0 Å².